The summed E-state index contributed by atoms with van der Waals surface area (Å²) in [5.41, 5.74) is 12.6. The highest BCUT2D eigenvalue weighted by Crippen LogP contribution is 2.27. The summed E-state index contributed by atoms with van der Waals surface area (Å²) in [4.78, 5) is 78.3. The molecule has 53 heavy (non-hydrogen) atoms. The Bertz CT molecular complexity index is 1890. The molecule has 4 atom stereocenters. The van der Waals surface area contributed by atoms with E-state index >= 15 is 0 Å². The molecule has 0 radical (unpaired) electrons. The number of carbonyl (C=O) groups excluding carboxylic acids is 5. The molecule has 0 bridgehead atoms. The Kier molecular flexibility index (Phi) is 14.5. The van der Waals surface area contributed by atoms with Gasteiger partial charge in [0.2, 0.25) is 11.8 Å². The van der Waals surface area contributed by atoms with Gasteiger partial charge in [0.1, 0.15) is 38.2 Å². The van der Waals surface area contributed by atoms with Crippen LogP contribution in [-0.2, 0) is 20.7 Å². The molecule has 284 valence electrons. The van der Waals surface area contributed by atoms with Gasteiger partial charge in [-0.05, 0) is 42.9 Å². The molecule has 1 aromatic carbocycles. The van der Waals surface area contributed by atoms with Crippen molar-refractivity contribution in [1.82, 2.24) is 30.9 Å². The van der Waals surface area contributed by atoms with E-state index in [0.29, 0.717) is 22.0 Å². The van der Waals surface area contributed by atoms with Crippen molar-refractivity contribution in [3.63, 3.8) is 0 Å². The summed E-state index contributed by atoms with van der Waals surface area (Å²) in [6.07, 6.45) is 0.212. The lowest BCUT2D eigenvalue weighted by atomic mass is 10.0. The molecule has 0 aliphatic heterocycles. The number of primary amides is 1. The van der Waals surface area contributed by atoms with Crippen molar-refractivity contribution in [3.05, 3.63) is 78.1 Å². The second-order valence-corrected chi connectivity index (χ2v) is 15.7. The fourth-order valence-electron chi connectivity index (χ4n) is 5.04. The number of benzene rings is 1. The number of phenolic OH excluding ortho intramolecular Hbond substituents is 1. The van der Waals surface area contributed by atoms with Crippen LogP contribution in [0.5, 0.6) is 5.75 Å². The lowest BCUT2D eigenvalue weighted by Crippen LogP contribution is -2.49. The first-order valence-corrected chi connectivity index (χ1v) is 19.6. The lowest BCUT2D eigenvalue weighted by Gasteiger charge is -2.22. The number of aromatic nitrogens is 3. The molecule has 4 aromatic rings. The maximum absolute atomic E-state index is 13.8. The molecular weight excluding hydrogens is 741 g/mol. The summed E-state index contributed by atoms with van der Waals surface area (Å²) >= 11 is 3.56. The highest BCUT2D eigenvalue weighted by Gasteiger charge is 2.30. The molecule has 0 aliphatic rings. The smallest absolute Gasteiger partial charge is 0.357 e. The Balaban J connectivity index is 1.55. The number of hydrogen-bond donors (Lipinski definition) is 6. The molecule has 0 aliphatic carbocycles. The zero-order valence-corrected chi connectivity index (χ0v) is 32.4. The zero-order valence-electron chi connectivity index (χ0n) is 30.0. The summed E-state index contributed by atoms with van der Waals surface area (Å²) in [7, 11) is 0. The van der Waals surface area contributed by atoms with Gasteiger partial charge in [0.05, 0.1) is 31.2 Å². The third-order valence-corrected chi connectivity index (χ3v) is 10.7. The fraction of sp³-hybridized carbons (Fsp3) is 0.429. The van der Waals surface area contributed by atoms with E-state index in [-0.39, 0.29) is 71.1 Å². The molecule has 0 unspecified atom stereocenters. The van der Waals surface area contributed by atoms with Crippen molar-refractivity contribution in [1.29, 1.82) is 0 Å². The summed E-state index contributed by atoms with van der Waals surface area (Å²) in [6.45, 7) is 9.77. The van der Waals surface area contributed by atoms with E-state index in [1.807, 2.05) is 27.7 Å². The Morgan fingerprint density at radius 3 is 1.92 bits per heavy atom. The van der Waals surface area contributed by atoms with Crippen LogP contribution in [0.25, 0.3) is 0 Å². The standard InChI is InChI=1S/C35H44N8O7S3/c1-6-50-35(49)26-16-52-33(43-26)23(13-27(36)45)40-29(46)21(12-19-7-9-20(44)10-8-19)38-30(47)24-14-51-32(41-24)22(11-17(2)3)39-31(48)25-15-53-34(42-25)28(37)18(4)5/h7-10,14-18,21-23,28,44H,6,11-13,37H2,1-5H3,(H2,36,45)(H,38,47)(H,39,48)(H,40,46)/t21-,22-,23+,28+/m1/s1. The number of amides is 4. The minimum atomic E-state index is -1.18. The largest absolute Gasteiger partial charge is 0.508 e. The minimum absolute atomic E-state index is 0.00616. The average molecular weight is 785 g/mol. The Morgan fingerprint density at radius 2 is 1.34 bits per heavy atom. The van der Waals surface area contributed by atoms with Crippen molar-refractivity contribution in [3.8, 4) is 5.75 Å². The monoisotopic (exact) mass is 784 g/mol. The molecule has 0 saturated heterocycles. The number of nitrogens with two attached hydrogens (primary N) is 2. The number of rotatable bonds is 18. The maximum Gasteiger partial charge on any atom is 0.357 e. The maximum atomic E-state index is 13.8. The van der Waals surface area contributed by atoms with E-state index in [9.17, 15) is 29.1 Å². The van der Waals surface area contributed by atoms with Crippen molar-refractivity contribution >= 4 is 63.6 Å². The van der Waals surface area contributed by atoms with E-state index < -0.39 is 41.8 Å². The molecule has 8 N–H and O–H groups in total. The van der Waals surface area contributed by atoms with Crippen molar-refractivity contribution in [2.45, 2.75) is 78.0 Å². The normalized spacial score (nSPS) is 13.6. The van der Waals surface area contributed by atoms with E-state index in [1.54, 1.807) is 29.8 Å². The van der Waals surface area contributed by atoms with Crippen LogP contribution in [0.4, 0.5) is 0 Å². The molecule has 18 heteroatoms. The van der Waals surface area contributed by atoms with E-state index in [0.717, 1.165) is 11.3 Å². The van der Waals surface area contributed by atoms with Crippen LogP contribution in [0, 0.1) is 11.8 Å². The lowest BCUT2D eigenvalue weighted by molar-refractivity contribution is -0.124. The van der Waals surface area contributed by atoms with Gasteiger partial charge in [-0.1, -0.05) is 39.8 Å². The third kappa shape index (κ3) is 11.6. The second kappa shape index (κ2) is 18.8. The quantitative estimate of drug-likeness (QED) is 0.0782. The predicted molar refractivity (Wildman–Crippen MR) is 201 cm³/mol. The first-order chi connectivity index (χ1) is 25.1. The Hall–Kier alpha value is -4.78. The summed E-state index contributed by atoms with van der Waals surface area (Å²) < 4.78 is 5.00. The summed E-state index contributed by atoms with van der Waals surface area (Å²) in [5, 5.41) is 24.4. The van der Waals surface area contributed by atoms with Gasteiger partial charge in [-0.2, -0.15) is 0 Å². The first kappa shape index (κ1) is 41.0. The molecule has 0 saturated carbocycles. The number of hydrogen-bond acceptors (Lipinski definition) is 14. The Labute approximate surface area is 319 Å². The van der Waals surface area contributed by atoms with E-state index in [1.165, 1.54) is 40.2 Å². The number of thiazole rings is 3. The van der Waals surface area contributed by atoms with Crippen molar-refractivity contribution < 1.29 is 33.8 Å². The molecule has 15 nitrogen and oxygen atoms in total. The van der Waals surface area contributed by atoms with Crippen LogP contribution in [0.2, 0.25) is 0 Å². The van der Waals surface area contributed by atoms with Gasteiger partial charge in [-0.3, -0.25) is 19.2 Å². The number of phenols is 1. The number of nitrogens with one attached hydrogen (secondary N) is 3. The van der Waals surface area contributed by atoms with Crippen LogP contribution in [0.1, 0.15) is 118 Å². The van der Waals surface area contributed by atoms with Gasteiger partial charge in [0, 0.05) is 22.6 Å². The van der Waals surface area contributed by atoms with E-state index in [2.05, 4.69) is 30.9 Å². The van der Waals surface area contributed by atoms with Gasteiger partial charge in [-0.25, -0.2) is 19.7 Å². The number of nitrogens with zero attached hydrogens (tertiary/aromatic N) is 3. The van der Waals surface area contributed by atoms with Crippen LogP contribution in [0.3, 0.4) is 0 Å². The van der Waals surface area contributed by atoms with Gasteiger partial charge in [0.15, 0.2) is 5.69 Å². The summed E-state index contributed by atoms with van der Waals surface area (Å²) in [6, 6.07) is 3.12. The fourth-order valence-corrected chi connectivity index (χ4v) is 7.71. The Morgan fingerprint density at radius 1 is 0.792 bits per heavy atom. The van der Waals surface area contributed by atoms with Crippen molar-refractivity contribution in [2.75, 3.05) is 6.61 Å². The first-order valence-electron chi connectivity index (χ1n) is 16.9. The highest BCUT2D eigenvalue weighted by molar-refractivity contribution is 7.10. The minimum Gasteiger partial charge on any atom is -0.508 e. The van der Waals surface area contributed by atoms with Crippen molar-refractivity contribution in [2.24, 2.45) is 23.3 Å². The average Bonchev–Trinajstić information content (AvgIpc) is 3.89. The summed E-state index contributed by atoms with van der Waals surface area (Å²) in [5.74, 6) is -2.75. The molecule has 0 fully saturated rings. The molecule has 3 aromatic heterocycles. The topological polar surface area (TPSA) is 242 Å². The zero-order chi connectivity index (χ0) is 38.8. The molecule has 0 spiro atoms. The van der Waals surface area contributed by atoms with Gasteiger partial charge >= 0.3 is 5.97 Å². The number of aromatic hydroxyl groups is 1. The molecular formula is C35H44N8O7S3. The van der Waals surface area contributed by atoms with E-state index in [4.69, 9.17) is 16.2 Å². The highest BCUT2D eigenvalue weighted by atomic mass is 32.1. The predicted octanol–water partition coefficient (Wildman–Crippen LogP) is 4.19. The van der Waals surface area contributed by atoms with Crippen LogP contribution in [-0.4, -0.2) is 62.3 Å². The molecule has 3 heterocycles. The van der Waals surface area contributed by atoms with Gasteiger partial charge in [0.25, 0.3) is 11.8 Å². The number of carbonyl (C=O) groups is 5. The third-order valence-electron chi connectivity index (χ3n) is 7.85. The van der Waals surface area contributed by atoms with Crippen LogP contribution >= 0.6 is 34.0 Å². The molecule has 4 amide bonds. The van der Waals surface area contributed by atoms with Gasteiger partial charge in [-0.15, -0.1) is 34.0 Å². The SMILES string of the molecule is CCOC(=O)c1csc([C@H](CC(N)=O)NC(=O)[C@@H](Cc2ccc(O)cc2)NC(=O)c2csc([C@@H](CC(C)C)NC(=O)c3csc([C@@H](N)C(C)C)n3)n2)n1. The number of ether oxygens (including phenoxy) is 1. The second-order valence-electron chi connectivity index (χ2n) is 13.0. The van der Waals surface area contributed by atoms with Gasteiger partial charge < -0.3 is 37.3 Å². The van der Waals surface area contributed by atoms with Crippen LogP contribution in [0.15, 0.2) is 40.4 Å². The van der Waals surface area contributed by atoms with Crippen LogP contribution < -0.4 is 27.4 Å². The number of esters is 1. The molecule has 4 rings (SSSR count).